The summed E-state index contributed by atoms with van der Waals surface area (Å²) >= 11 is 0. The highest BCUT2D eigenvalue weighted by molar-refractivity contribution is 6.04. The van der Waals surface area contributed by atoms with Crippen molar-refractivity contribution < 1.29 is 19.5 Å². The van der Waals surface area contributed by atoms with E-state index in [1.165, 1.54) is 0 Å². The minimum Gasteiger partial charge on any atom is -0.389 e. The minimum atomic E-state index is -0.629. The molecule has 116 valence electrons. The number of nitrogens with one attached hydrogen (secondary N) is 1. The number of imide groups is 1. The van der Waals surface area contributed by atoms with Crippen LogP contribution in [0.4, 0.5) is 4.79 Å². The molecule has 2 aliphatic heterocycles. The second-order valence-corrected chi connectivity index (χ2v) is 6.27. The first-order valence-corrected chi connectivity index (χ1v) is 7.58. The summed E-state index contributed by atoms with van der Waals surface area (Å²) in [7, 11) is 0. The molecule has 2 atom stereocenters. The lowest BCUT2D eigenvalue weighted by atomic mass is 9.71. The number of fused-ring (bicyclic) bond motifs is 1. The Morgan fingerprint density at radius 3 is 2.86 bits per heavy atom. The summed E-state index contributed by atoms with van der Waals surface area (Å²) in [5, 5.41) is 13.0. The molecule has 2 N–H and O–H groups in total. The molecule has 0 aromatic heterocycles. The van der Waals surface area contributed by atoms with Crippen LogP contribution in [-0.2, 0) is 9.59 Å². The van der Waals surface area contributed by atoms with Crippen LogP contribution in [0.2, 0.25) is 0 Å². The Morgan fingerprint density at radius 1 is 1.33 bits per heavy atom. The van der Waals surface area contributed by atoms with Crippen LogP contribution in [-0.4, -0.2) is 64.5 Å². The third kappa shape index (κ3) is 2.62. The molecule has 7 heteroatoms. The van der Waals surface area contributed by atoms with Crippen molar-refractivity contribution in [3.8, 4) is 0 Å². The van der Waals surface area contributed by atoms with Gasteiger partial charge in [0.2, 0.25) is 5.91 Å². The molecule has 7 nitrogen and oxygen atoms in total. The maximum Gasteiger partial charge on any atom is 0.325 e. The molecule has 0 aromatic rings. The van der Waals surface area contributed by atoms with Crippen LogP contribution >= 0.6 is 0 Å². The Balaban J connectivity index is 1.61. The fourth-order valence-corrected chi connectivity index (χ4v) is 3.65. The van der Waals surface area contributed by atoms with E-state index in [9.17, 15) is 19.5 Å². The van der Waals surface area contributed by atoms with Crippen molar-refractivity contribution in [3.05, 3.63) is 0 Å². The van der Waals surface area contributed by atoms with Crippen LogP contribution in [0.1, 0.15) is 32.1 Å². The number of nitrogens with zero attached hydrogens (tertiary/aromatic N) is 2. The number of amides is 4. The van der Waals surface area contributed by atoms with Crippen LogP contribution < -0.4 is 5.32 Å². The van der Waals surface area contributed by atoms with E-state index in [1.54, 1.807) is 4.90 Å². The molecule has 2 unspecified atom stereocenters. The fourth-order valence-electron chi connectivity index (χ4n) is 3.65. The first kappa shape index (κ1) is 14.3. The van der Waals surface area contributed by atoms with E-state index in [1.807, 2.05) is 0 Å². The Kier molecular flexibility index (Phi) is 3.61. The molecule has 3 fully saturated rings. The third-order valence-electron chi connectivity index (χ3n) is 5.01. The molecule has 1 aliphatic carbocycles. The van der Waals surface area contributed by atoms with Crippen molar-refractivity contribution in [2.24, 2.45) is 5.92 Å². The molecule has 0 bridgehead atoms. The summed E-state index contributed by atoms with van der Waals surface area (Å²) in [4.78, 5) is 37.9. The predicted octanol–water partition coefficient (Wildman–Crippen LogP) is -0.308. The van der Waals surface area contributed by atoms with Crippen molar-refractivity contribution in [3.63, 3.8) is 0 Å². The Bertz CT molecular complexity index is 465. The van der Waals surface area contributed by atoms with Crippen LogP contribution in [0.25, 0.3) is 0 Å². The zero-order chi connectivity index (χ0) is 15.0. The highest BCUT2D eigenvalue weighted by Crippen LogP contribution is 2.39. The number of hydrogen-bond donors (Lipinski definition) is 2. The summed E-state index contributed by atoms with van der Waals surface area (Å²) in [6.07, 6.45) is 4.46. The zero-order valence-corrected chi connectivity index (χ0v) is 12.0. The Hall–Kier alpha value is -1.63. The van der Waals surface area contributed by atoms with E-state index < -0.39 is 11.6 Å². The second-order valence-electron chi connectivity index (χ2n) is 6.27. The van der Waals surface area contributed by atoms with Gasteiger partial charge >= 0.3 is 6.03 Å². The van der Waals surface area contributed by atoms with Gasteiger partial charge in [0.25, 0.3) is 5.91 Å². The van der Waals surface area contributed by atoms with Gasteiger partial charge in [-0.25, -0.2) is 4.79 Å². The van der Waals surface area contributed by atoms with Crippen LogP contribution in [0.15, 0.2) is 0 Å². The Labute approximate surface area is 123 Å². The molecular formula is C14H21N3O4. The van der Waals surface area contributed by atoms with Crippen molar-refractivity contribution in [1.82, 2.24) is 15.1 Å². The second kappa shape index (κ2) is 5.29. The maximum atomic E-state index is 12.3. The van der Waals surface area contributed by atoms with E-state index >= 15 is 0 Å². The summed E-state index contributed by atoms with van der Waals surface area (Å²) in [6.45, 7) is 0.790. The summed E-state index contributed by atoms with van der Waals surface area (Å²) in [6, 6.07) is -0.500. The molecule has 4 amide bonds. The first-order chi connectivity index (χ1) is 9.99. The van der Waals surface area contributed by atoms with Crippen molar-refractivity contribution in [2.75, 3.05) is 26.2 Å². The first-order valence-electron chi connectivity index (χ1n) is 7.58. The molecule has 1 saturated carbocycles. The van der Waals surface area contributed by atoms with Gasteiger partial charge in [-0.3, -0.25) is 14.5 Å². The molecule has 3 aliphatic rings. The highest BCUT2D eigenvalue weighted by Gasteiger charge is 2.44. The summed E-state index contributed by atoms with van der Waals surface area (Å²) < 4.78 is 0. The standard InChI is InChI=1S/C14H21N3O4/c18-11-7-15-13(20)17(11)9-12(19)16-6-5-14(21)4-2-1-3-10(14)8-16/h10,21H,1-9H2,(H,15,20). The zero-order valence-electron chi connectivity index (χ0n) is 12.0. The van der Waals surface area contributed by atoms with Gasteiger partial charge in [0.05, 0.1) is 12.1 Å². The van der Waals surface area contributed by atoms with E-state index in [2.05, 4.69) is 5.32 Å². The molecule has 0 radical (unpaired) electrons. The molecule has 0 aromatic carbocycles. The number of hydrogen-bond acceptors (Lipinski definition) is 4. The molecule has 21 heavy (non-hydrogen) atoms. The van der Waals surface area contributed by atoms with Gasteiger partial charge in [0.1, 0.15) is 6.54 Å². The van der Waals surface area contributed by atoms with Gasteiger partial charge in [0.15, 0.2) is 0 Å². The van der Waals surface area contributed by atoms with Crippen molar-refractivity contribution in [2.45, 2.75) is 37.7 Å². The van der Waals surface area contributed by atoms with E-state index in [0.29, 0.717) is 19.5 Å². The summed E-state index contributed by atoms with van der Waals surface area (Å²) in [5.41, 5.74) is -0.629. The Morgan fingerprint density at radius 2 is 2.14 bits per heavy atom. The number of aliphatic hydroxyl groups is 1. The monoisotopic (exact) mass is 295 g/mol. The van der Waals surface area contributed by atoms with Gasteiger partial charge < -0.3 is 15.3 Å². The smallest absolute Gasteiger partial charge is 0.325 e. The summed E-state index contributed by atoms with van der Waals surface area (Å²) in [5.74, 6) is -0.459. The largest absolute Gasteiger partial charge is 0.389 e. The SMILES string of the molecule is O=C(CN1C(=O)CNC1=O)N1CCC2(O)CCCCC2C1. The van der Waals surface area contributed by atoms with E-state index in [0.717, 1.165) is 30.6 Å². The third-order valence-corrected chi connectivity index (χ3v) is 5.01. The van der Waals surface area contributed by atoms with Crippen molar-refractivity contribution in [1.29, 1.82) is 0 Å². The number of piperidine rings is 1. The van der Waals surface area contributed by atoms with Gasteiger partial charge in [-0.15, -0.1) is 0 Å². The number of carbonyl (C=O) groups is 3. The van der Waals surface area contributed by atoms with Gasteiger partial charge in [-0.2, -0.15) is 0 Å². The predicted molar refractivity (Wildman–Crippen MR) is 73.2 cm³/mol. The molecule has 2 heterocycles. The van der Waals surface area contributed by atoms with E-state index in [-0.39, 0.29) is 30.8 Å². The molecular weight excluding hydrogens is 274 g/mol. The average molecular weight is 295 g/mol. The quantitative estimate of drug-likeness (QED) is 0.684. The number of likely N-dealkylation sites (tertiary alicyclic amines) is 1. The van der Waals surface area contributed by atoms with Crippen LogP contribution in [0.3, 0.4) is 0 Å². The normalized spacial score (nSPS) is 32.9. The molecule has 0 spiro atoms. The number of carbonyl (C=O) groups excluding carboxylic acids is 3. The van der Waals surface area contributed by atoms with Crippen molar-refractivity contribution >= 4 is 17.8 Å². The van der Waals surface area contributed by atoms with Gasteiger partial charge in [-0.1, -0.05) is 12.8 Å². The fraction of sp³-hybridized carbons (Fsp3) is 0.786. The van der Waals surface area contributed by atoms with Gasteiger partial charge in [0, 0.05) is 19.0 Å². The number of urea groups is 1. The van der Waals surface area contributed by atoms with Crippen LogP contribution in [0, 0.1) is 5.92 Å². The molecule has 2 saturated heterocycles. The lowest BCUT2D eigenvalue weighted by Crippen LogP contribution is -2.56. The average Bonchev–Trinajstić information content (AvgIpc) is 2.78. The lowest BCUT2D eigenvalue weighted by molar-refractivity contribution is -0.146. The van der Waals surface area contributed by atoms with E-state index in [4.69, 9.17) is 0 Å². The maximum absolute atomic E-state index is 12.3. The minimum absolute atomic E-state index is 0.0332. The van der Waals surface area contributed by atoms with Crippen LogP contribution in [0.5, 0.6) is 0 Å². The topological polar surface area (TPSA) is 90.0 Å². The number of rotatable bonds is 2. The molecule has 3 rings (SSSR count). The van der Waals surface area contributed by atoms with Gasteiger partial charge in [-0.05, 0) is 19.3 Å². The highest BCUT2D eigenvalue weighted by atomic mass is 16.3. The lowest BCUT2D eigenvalue weighted by Gasteiger charge is -2.47.